The van der Waals surface area contributed by atoms with Crippen LogP contribution in [0.25, 0.3) is 6.08 Å². The zero-order valence-corrected chi connectivity index (χ0v) is 14.2. The van der Waals surface area contributed by atoms with Crippen molar-refractivity contribution in [1.82, 2.24) is 4.98 Å². The summed E-state index contributed by atoms with van der Waals surface area (Å²) >= 11 is 0. The second kappa shape index (κ2) is 8.72. The maximum atomic E-state index is 12.1. The summed E-state index contributed by atoms with van der Waals surface area (Å²) in [6.07, 6.45) is 7.38. The first-order valence-electron chi connectivity index (χ1n) is 7.86. The quantitative estimate of drug-likeness (QED) is 0.784. The van der Waals surface area contributed by atoms with Crippen molar-refractivity contribution in [2.75, 3.05) is 12.4 Å². The van der Waals surface area contributed by atoms with Crippen LogP contribution in [-0.4, -0.2) is 24.1 Å². The van der Waals surface area contributed by atoms with Crippen LogP contribution in [0.5, 0.6) is 11.5 Å². The van der Waals surface area contributed by atoms with E-state index >= 15 is 0 Å². The Bertz CT molecular complexity index is 713. The number of hydrogen-bond donors (Lipinski definition) is 1. The molecule has 2 aromatic rings. The van der Waals surface area contributed by atoms with Crippen molar-refractivity contribution in [1.29, 1.82) is 0 Å². The fraction of sp³-hybridized carbons (Fsp3) is 0.263. The number of carbonyl (C=O) groups excluding carboxylic acids is 1. The van der Waals surface area contributed by atoms with Crippen LogP contribution in [0.4, 0.5) is 5.69 Å². The topological polar surface area (TPSA) is 60.5 Å². The molecule has 1 aromatic carbocycles. The Labute approximate surface area is 142 Å². The molecule has 0 bridgehead atoms. The van der Waals surface area contributed by atoms with Gasteiger partial charge >= 0.3 is 0 Å². The Balaban J connectivity index is 2.09. The van der Waals surface area contributed by atoms with E-state index in [9.17, 15) is 4.79 Å². The highest BCUT2D eigenvalue weighted by Gasteiger charge is 2.07. The minimum absolute atomic E-state index is 0.119. The molecule has 0 fully saturated rings. The van der Waals surface area contributed by atoms with Crippen LogP contribution in [0.1, 0.15) is 25.8 Å². The van der Waals surface area contributed by atoms with Crippen LogP contribution in [-0.2, 0) is 4.79 Å². The molecule has 1 unspecified atom stereocenters. The highest BCUT2D eigenvalue weighted by molar-refractivity contribution is 6.02. The van der Waals surface area contributed by atoms with Crippen LogP contribution in [0, 0.1) is 0 Å². The molecular weight excluding hydrogens is 304 g/mol. The van der Waals surface area contributed by atoms with Gasteiger partial charge in [-0.05, 0) is 25.5 Å². The molecule has 1 heterocycles. The molecular formula is C19H22N2O3. The zero-order chi connectivity index (χ0) is 17.4. The van der Waals surface area contributed by atoms with Gasteiger partial charge in [-0.2, -0.15) is 0 Å². The summed E-state index contributed by atoms with van der Waals surface area (Å²) in [6, 6.07) is 9.31. The van der Waals surface area contributed by atoms with Gasteiger partial charge in [-0.1, -0.05) is 25.1 Å². The van der Waals surface area contributed by atoms with Crippen molar-refractivity contribution in [2.45, 2.75) is 26.4 Å². The number of nitrogens with one attached hydrogen (secondary N) is 1. The molecule has 1 atom stereocenters. The number of benzene rings is 1. The maximum absolute atomic E-state index is 12.1. The highest BCUT2D eigenvalue weighted by atomic mass is 16.5. The molecule has 0 saturated carbocycles. The van der Waals surface area contributed by atoms with E-state index in [0.29, 0.717) is 11.4 Å². The molecule has 5 nitrogen and oxygen atoms in total. The van der Waals surface area contributed by atoms with Gasteiger partial charge < -0.3 is 14.8 Å². The molecule has 24 heavy (non-hydrogen) atoms. The van der Waals surface area contributed by atoms with Crippen molar-refractivity contribution in [3.8, 4) is 11.5 Å². The lowest BCUT2D eigenvalue weighted by Crippen LogP contribution is -2.11. The van der Waals surface area contributed by atoms with Crippen LogP contribution in [0.2, 0.25) is 0 Å². The predicted octanol–water partition coefficient (Wildman–Crippen LogP) is 3.92. The molecule has 0 radical (unpaired) electrons. The Morgan fingerprint density at radius 2 is 2.08 bits per heavy atom. The van der Waals surface area contributed by atoms with Crippen LogP contribution in [0.15, 0.2) is 48.8 Å². The number of rotatable bonds is 7. The van der Waals surface area contributed by atoms with Crippen molar-refractivity contribution in [3.05, 3.63) is 54.4 Å². The number of amides is 1. The van der Waals surface area contributed by atoms with E-state index in [-0.39, 0.29) is 12.0 Å². The predicted molar refractivity (Wildman–Crippen MR) is 95.3 cm³/mol. The first-order chi connectivity index (χ1) is 11.6. The minimum Gasteiger partial charge on any atom is -0.494 e. The molecule has 126 valence electrons. The number of pyridine rings is 1. The summed E-state index contributed by atoms with van der Waals surface area (Å²) in [6.45, 7) is 4.08. The van der Waals surface area contributed by atoms with Gasteiger partial charge in [-0.3, -0.25) is 9.78 Å². The third-order valence-corrected chi connectivity index (χ3v) is 3.50. The number of methoxy groups -OCH3 is 1. The Hall–Kier alpha value is -2.82. The van der Waals surface area contributed by atoms with E-state index in [0.717, 1.165) is 17.7 Å². The average molecular weight is 326 g/mol. The summed E-state index contributed by atoms with van der Waals surface area (Å²) in [5.74, 6) is 1.06. The molecule has 0 saturated heterocycles. The van der Waals surface area contributed by atoms with Crippen LogP contribution in [0.3, 0.4) is 0 Å². The van der Waals surface area contributed by atoms with Crippen molar-refractivity contribution in [2.24, 2.45) is 0 Å². The van der Waals surface area contributed by atoms with Gasteiger partial charge in [-0.15, -0.1) is 0 Å². The van der Waals surface area contributed by atoms with Gasteiger partial charge in [0.05, 0.1) is 19.4 Å². The van der Waals surface area contributed by atoms with E-state index in [1.807, 2.05) is 31.2 Å². The summed E-state index contributed by atoms with van der Waals surface area (Å²) in [4.78, 5) is 16.1. The Morgan fingerprint density at radius 3 is 2.83 bits per heavy atom. The zero-order valence-electron chi connectivity index (χ0n) is 14.2. The third kappa shape index (κ3) is 4.84. The molecule has 0 spiro atoms. The van der Waals surface area contributed by atoms with Gasteiger partial charge in [-0.25, -0.2) is 0 Å². The normalized spacial score (nSPS) is 12.0. The van der Waals surface area contributed by atoms with Gasteiger partial charge in [0.25, 0.3) is 0 Å². The minimum atomic E-state index is -0.264. The van der Waals surface area contributed by atoms with E-state index in [2.05, 4.69) is 17.2 Å². The summed E-state index contributed by atoms with van der Waals surface area (Å²) in [5, 5.41) is 2.75. The average Bonchev–Trinajstić information content (AvgIpc) is 2.61. The van der Waals surface area contributed by atoms with Gasteiger partial charge in [0.15, 0.2) is 0 Å². The molecule has 0 aliphatic heterocycles. The Morgan fingerprint density at radius 1 is 1.29 bits per heavy atom. The summed E-state index contributed by atoms with van der Waals surface area (Å²) in [7, 11) is 1.54. The van der Waals surface area contributed by atoms with Crippen molar-refractivity contribution < 1.29 is 14.3 Å². The molecule has 1 amide bonds. The summed E-state index contributed by atoms with van der Waals surface area (Å²) in [5.41, 5.74) is 1.38. The molecule has 1 N–H and O–H groups in total. The first kappa shape index (κ1) is 17.5. The van der Waals surface area contributed by atoms with E-state index in [4.69, 9.17) is 9.47 Å². The number of aromatic nitrogens is 1. The van der Waals surface area contributed by atoms with Gasteiger partial charge in [0, 0.05) is 23.9 Å². The summed E-state index contributed by atoms with van der Waals surface area (Å²) < 4.78 is 11.1. The number of nitrogens with zero attached hydrogens (tertiary/aromatic N) is 1. The number of anilines is 1. The molecule has 2 rings (SSSR count). The van der Waals surface area contributed by atoms with Crippen LogP contribution >= 0.6 is 0 Å². The van der Waals surface area contributed by atoms with E-state index in [1.165, 1.54) is 6.08 Å². The SMILES string of the molecule is CCC(C)Oc1ccccc1C=CC(=O)Nc1cnccc1OC. The van der Waals surface area contributed by atoms with E-state index in [1.54, 1.807) is 31.6 Å². The second-order valence-electron chi connectivity index (χ2n) is 5.27. The highest BCUT2D eigenvalue weighted by Crippen LogP contribution is 2.23. The molecule has 0 aliphatic carbocycles. The monoisotopic (exact) mass is 326 g/mol. The smallest absolute Gasteiger partial charge is 0.248 e. The standard InChI is InChI=1S/C19H22N2O3/c1-4-14(2)24-17-8-6-5-7-15(17)9-10-19(22)21-16-13-20-12-11-18(16)23-3/h5-14H,4H2,1-3H3,(H,21,22). The first-order valence-corrected chi connectivity index (χ1v) is 7.86. The molecule has 0 aliphatic rings. The lowest BCUT2D eigenvalue weighted by Gasteiger charge is -2.14. The number of hydrogen-bond acceptors (Lipinski definition) is 4. The lowest BCUT2D eigenvalue weighted by molar-refractivity contribution is -0.111. The lowest BCUT2D eigenvalue weighted by atomic mass is 10.2. The molecule has 5 heteroatoms. The maximum Gasteiger partial charge on any atom is 0.248 e. The third-order valence-electron chi connectivity index (χ3n) is 3.50. The largest absolute Gasteiger partial charge is 0.494 e. The molecule has 1 aromatic heterocycles. The number of para-hydroxylation sites is 1. The van der Waals surface area contributed by atoms with Crippen molar-refractivity contribution >= 4 is 17.7 Å². The Kier molecular flexibility index (Phi) is 6.37. The fourth-order valence-corrected chi connectivity index (χ4v) is 2.02. The van der Waals surface area contributed by atoms with Gasteiger partial charge in [0.1, 0.15) is 17.2 Å². The number of carbonyl (C=O) groups is 1. The number of ether oxygens (including phenoxy) is 2. The second-order valence-corrected chi connectivity index (χ2v) is 5.27. The van der Waals surface area contributed by atoms with Crippen molar-refractivity contribution in [3.63, 3.8) is 0 Å². The fourth-order valence-electron chi connectivity index (χ4n) is 2.02. The van der Waals surface area contributed by atoms with E-state index < -0.39 is 0 Å². The van der Waals surface area contributed by atoms with Gasteiger partial charge in [0.2, 0.25) is 5.91 Å². The van der Waals surface area contributed by atoms with Crippen LogP contribution < -0.4 is 14.8 Å².